The lowest BCUT2D eigenvalue weighted by atomic mass is 10.1. The Balaban J connectivity index is 0.00000392. The van der Waals surface area contributed by atoms with Crippen molar-refractivity contribution < 1.29 is 9.53 Å². The van der Waals surface area contributed by atoms with Gasteiger partial charge >= 0.3 is 6.09 Å². The summed E-state index contributed by atoms with van der Waals surface area (Å²) in [7, 11) is 1.98. The summed E-state index contributed by atoms with van der Waals surface area (Å²) in [6, 6.07) is 0. The Kier molecular flexibility index (Phi) is 9.03. The average molecular weight is 506 g/mol. The van der Waals surface area contributed by atoms with Crippen molar-refractivity contribution in [3.05, 3.63) is 17.0 Å². The normalized spacial score (nSPS) is 15.4. The second-order valence-corrected chi connectivity index (χ2v) is 7.83. The van der Waals surface area contributed by atoms with Crippen molar-refractivity contribution in [2.24, 2.45) is 17.8 Å². The van der Waals surface area contributed by atoms with Crippen LogP contribution in [0.2, 0.25) is 0 Å². The number of hydrogen-bond acceptors (Lipinski definition) is 4. The molecule has 0 unspecified atom stereocenters. The summed E-state index contributed by atoms with van der Waals surface area (Å²) in [5, 5.41) is 4.58. The van der Waals surface area contributed by atoms with Crippen LogP contribution in [0.3, 0.4) is 0 Å². The Morgan fingerprint density at radius 3 is 2.21 bits per heavy atom. The van der Waals surface area contributed by atoms with Gasteiger partial charge in [0.1, 0.15) is 5.60 Å². The Bertz CT molecular complexity index is 687. The van der Waals surface area contributed by atoms with E-state index in [2.05, 4.69) is 23.9 Å². The Labute approximate surface area is 185 Å². The molecule has 0 atom stereocenters. The number of aliphatic imine (C=N–C) groups is 1. The van der Waals surface area contributed by atoms with Crippen molar-refractivity contribution in [3.63, 3.8) is 0 Å². The van der Waals surface area contributed by atoms with Crippen LogP contribution >= 0.6 is 24.0 Å². The number of aryl methyl sites for hydroxylation is 2. The second-order valence-electron chi connectivity index (χ2n) is 7.83. The van der Waals surface area contributed by atoms with Gasteiger partial charge in [0.25, 0.3) is 0 Å². The van der Waals surface area contributed by atoms with Gasteiger partial charge in [-0.25, -0.2) is 9.79 Å². The molecule has 0 aromatic carbocycles. The van der Waals surface area contributed by atoms with E-state index in [0.717, 1.165) is 18.5 Å². The molecule has 0 spiro atoms. The number of piperazine rings is 1. The largest absolute Gasteiger partial charge is 0.444 e. The van der Waals surface area contributed by atoms with Crippen LogP contribution in [0, 0.1) is 0 Å². The molecule has 1 aromatic heterocycles. The molecule has 1 aliphatic heterocycles. The van der Waals surface area contributed by atoms with Crippen LogP contribution in [-0.2, 0) is 31.2 Å². The maximum Gasteiger partial charge on any atom is 0.410 e. The molecule has 28 heavy (non-hydrogen) atoms. The van der Waals surface area contributed by atoms with E-state index in [1.165, 1.54) is 11.3 Å². The Morgan fingerprint density at radius 2 is 1.71 bits per heavy atom. The van der Waals surface area contributed by atoms with E-state index < -0.39 is 5.60 Å². The van der Waals surface area contributed by atoms with Crippen LogP contribution in [0.5, 0.6) is 0 Å². The maximum atomic E-state index is 12.2. The molecule has 0 bridgehead atoms. The van der Waals surface area contributed by atoms with Crippen molar-refractivity contribution in [2.75, 3.05) is 26.2 Å². The minimum Gasteiger partial charge on any atom is -0.444 e. The van der Waals surface area contributed by atoms with Gasteiger partial charge in [-0.2, -0.15) is 5.10 Å². The summed E-state index contributed by atoms with van der Waals surface area (Å²) in [5.74, 6) is 0.520. The van der Waals surface area contributed by atoms with Gasteiger partial charge in [-0.05, 0) is 33.6 Å². The molecule has 0 radical (unpaired) electrons. The van der Waals surface area contributed by atoms with E-state index in [4.69, 9.17) is 10.5 Å². The molecule has 1 aromatic rings. The van der Waals surface area contributed by atoms with Gasteiger partial charge in [0.05, 0.1) is 12.2 Å². The number of nitrogens with zero attached hydrogens (tertiary/aromatic N) is 5. The van der Waals surface area contributed by atoms with Crippen LogP contribution in [-0.4, -0.2) is 63.4 Å². The minimum absolute atomic E-state index is 0. The zero-order valence-corrected chi connectivity index (χ0v) is 20.3. The molecule has 9 heteroatoms. The molecule has 1 amide bonds. The number of ether oxygens (including phenoxy) is 1. The standard InChI is InChI=1S/C19H34N6O2.HI/c1-7-15-14(16(8-2)23(6)22-15)13-21-17(20)24-9-11-25(12-10-24)18(26)27-19(3,4)5;/h7-13H2,1-6H3,(H2,20,21);1H. The second kappa shape index (κ2) is 10.3. The summed E-state index contributed by atoms with van der Waals surface area (Å²) in [4.78, 5) is 20.5. The lowest BCUT2D eigenvalue weighted by Crippen LogP contribution is -2.53. The van der Waals surface area contributed by atoms with Gasteiger partial charge in [-0.15, -0.1) is 24.0 Å². The fraction of sp³-hybridized carbons (Fsp3) is 0.737. The van der Waals surface area contributed by atoms with Gasteiger partial charge < -0.3 is 20.3 Å². The molecule has 1 saturated heterocycles. The van der Waals surface area contributed by atoms with Crippen LogP contribution in [0.15, 0.2) is 4.99 Å². The molecule has 160 valence electrons. The van der Waals surface area contributed by atoms with E-state index in [1.54, 1.807) is 4.90 Å². The average Bonchev–Trinajstić information content (AvgIpc) is 2.92. The van der Waals surface area contributed by atoms with Crippen LogP contribution < -0.4 is 5.73 Å². The van der Waals surface area contributed by atoms with Gasteiger partial charge in [0.2, 0.25) is 0 Å². The van der Waals surface area contributed by atoms with Crippen molar-refractivity contribution in [1.82, 2.24) is 19.6 Å². The number of rotatable bonds is 4. The zero-order valence-electron chi connectivity index (χ0n) is 18.0. The molecule has 1 fully saturated rings. The van der Waals surface area contributed by atoms with Gasteiger partial charge in [0, 0.05) is 44.5 Å². The van der Waals surface area contributed by atoms with E-state index in [9.17, 15) is 4.79 Å². The first-order chi connectivity index (χ1) is 12.7. The highest BCUT2D eigenvalue weighted by atomic mass is 127. The molecule has 0 saturated carbocycles. The first-order valence-corrected chi connectivity index (χ1v) is 9.72. The van der Waals surface area contributed by atoms with E-state index in [0.29, 0.717) is 38.7 Å². The lowest BCUT2D eigenvalue weighted by Gasteiger charge is -2.36. The van der Waals surface area contributed by atoms with Crippen LogP contribution in [0.4, 0.5) is 4.79 Å². The number of guanidine groups is 1. The van der Waals surface area contributed by atoms with Gasteiger partial charge in [-0.3, -0.25) is 4.68 Å². The summed E-state index contributed by atoms with van der Waals surface area (Å²) in [5.41, 5.74) is 9.21. The third-order valence-electron chi connectivity index (χ3n) is 4.68. The van der Waals surface area contributed by atoms with Crippen LogP contribution in [0.1, 0.15) is 51.6 Å². The molecule has 2 rings (SSSR count). The van der Waals surface area contributed by atoms with Crippen LogP contribution in [0.25, 0.3) is 0 Å². The number of hydrogen-bond donors (Lipinski definition) is 1. The Hall–Kier alpha value is -1.52. The summed E-state index contributed by atoms with van der Waals surface area (Å²) < 4.78 is 7.37. The molecule has 1 aliphatic rings. The Morgan fingerprint density at radius 1 is 1.14 bits per heavy atom. The smallest absolute Gasteiger partial charge is 0.410 e. The van der Waals surface area contributed by atoms with Crippen molar-refractivity contribution in [2.45, 2.75) is 59.6 Å². The fourth-order valence-corrected chi connectivity index (χ4v) is 3.28. The molecule has 0 aliphatic carbocycles. The first kappa shape index (κ1) is 24.5. The van der Waals surface area contributed by atoms with E-state index >= 15 is 0 Å². The SMILES string of the molecule is CCc1nn(C)c(CC)c1CN=C(N)N1CCN(C(=O)OC(C)(C)C)CC1.I. The molecule has 2 heterocycles. The monoisotopic (exact) mass is 506 g/mol. The summed E-state index contributed by atoms with van der Waals surface area (Å²) >= 11 is 0. The van der Waals surface area contributed by atoms with Gasteiger partial charge in [0.15, 0.2) is 5.96 Å². The maximum absolute atomic E-state index is 12.2. The molecule has 8 nitrogen and oxygen atoms in total. The van der Waals surface area contributed by atoms with Gasteiger partial charge in [-0.1, -0.05) is 13.8 Å². The number of nitrogens with two attached hydrogens (primary N) is 1. The summed E-state index contributed by atoms with van der Waals surface area (Å²) in [6.45, 7) is 12.9. The molecule has 2 N–H and O–H groups in total. The predicted octanol–water partition coefficient (Wildman–Crippen LogP) is 2.53. The summed E-state index contributed by atoms with van der Waals surface area (Å²) in [6.07, 6.45) is 1.53. The number of carbonyl (C=O) groups is 1. The molecular formula is C19H35IN6O2. The highest BCUT2D eigenvalue weighted by Crippen LogP contribution is 2.17. The predicted molar refractivity (Wildman–Crippen MR) is 122 cm³/mol. The first-order valence-electron chi connectivity index (χ1n) is 9.72. The lowest BCUT2D eigenvalue weighted by molar-refractivity contribution is 0.0186. The highest BCUT2D eigenvalue weighted by Gasteiger charge is 2.26. The third kappa shape index (κ3) is 6.25. The van der Waals surface area contributed by atoms with Crippen molar-refractivity contribution >= 4 is 36.0 Å². The minimum atomic E-state index is -0.480. The topological polar surface area (TPSA) is 89.0 Å². The number of halogens is 1. The van der Waals surface area contributed by atoms with E-state index in [1.807, 2.05) is 37.4 Å². The van der Waals surface area contributed by atoms with E-state index in [-0.39, 0.29) is 30.1 Å². The number of carbonyl (C=O) groups excluding carboxylic acids is 1. The zero-order chi connectivity index (χ0) is 20.2. The fourth-order valence-electron chi connectivity index (χ4n) is 3.28. The number of amides is 1. The van der Waals surface area contributed by atoms with Crippen molar-refractivity contribution in [3.8, 4) is 0 Å². The molecular weight excluding hydrogens is 471 g/mol. The quantitative estimate of drug-likeness (QED) is 0.385. The number of aromatic nitrogens is 2. The highest BCUT2D eigenvalue weighted by molar-refractivity contribution is 14.0. The third-order valence-corrected chi connectivity index (χ3v) is 4.68. The van der Waals surface area contributed by atoms with Crippen molar-refractivity contribution in [1.29, 1.82) is 0 Å².